The van der Waals surface area contributed by atoms with Gasteiger partial charge in [0.15, 0.2) is 0 Å². The number of nitrogens with two attached hydrogens (primary N) is 1. The lowest BCUT2D eigenvalue weighted by Gasteiger charge is -2.13. The zero-order chi connectivity index (χ0) is 20.0. The van der Waals surface area contributed by atoms with E-state index in [9.17, 15) is 22.9 Å². The van der Waals surface area contributed by atoms with Crippen LogP contribution in [0.1, 0.15) is 11.1 Å². The number of carbonyl (C=O) groups is 1. The first-order valence-corrected chi connectivity index (χ1v) is 8.67. The third-order valence-electron chi connectivity index (χ3n) is 3.29. The van der Waals surface area contributed by atoms with Crippen LogP contribution in [0, 0.1) is 4.91 Å². The second-order valence-corrected chi connectivity index (χ2v) is 5.98. The Morgan fingerprint density at radius 3 is 2.70 bits per heavy atom. The van der Waals surface area contributed by atoms with Gasteiger partial charge in [-0.25, -0.2) is 4.98 Å². The Balaban J connectivity index is 2.10. The molecule has 4 N–H and O–H groups in total. The van der Waals surface area contributed by atoms with E-state index in [4.69, 9.17) is 5.73 Å². The molecule has 0 fully saturated rings. The normalized spacial score (nSPS) is 11.1. The molecule has 2 aromatic rings. The summed E-state index contributed by atoms with van der Waals surface area (Å²) in [5.41, 5.74) is 5.09. The SMILES string of the molecule is CSc1nc(N)nc(NCC(=O)Nc2cccc(C(F)(F)F)c2)c1CN=O. The van der Waals surface area contributed by atoms with Gasteiger partial charge in [-0.2, -0.15) is 23.1 Å². The minimum absolute atomic E-state index is 0.00147. The van der Waals surface area contributed by atoms with Gasteiger partial charge in [0.25, 0.3) is 0 Å². The highest BCUT2D eigenvalue weighted by atomic mass is 32.2. The second-order valence-electron chi connectivity index (χ2n) is 5.19. The van der Waals surface area contributed by atoms with Crippen molar-refractivity contribution in [3.63, 3.8) is 0 Å². The number of carbonyl (C=O) groups excluding carboxylic acids is 1. The van der Waals surface area contributed by atoms with E-state index in [1.54, 1.807) is 6.26 Å². The molecule has 1 heterocycles. The summed E-state index contributed by atoms with van der Waals surface area (Å²) in [6.07, 6.45) is -2.79. The number of nitrogens with one attached hydrogen (secondary N) is 2. The van der Waals surface area contributed by atoms with E-state index < -0.39 is 17.6 Å². The first-order chi connectivity index (χ1) is 12.7. The number of nitrogens with zero attached hydrogens (tertiary/aromatic N) is 3. The maximum Gasteiger partial charge on any atom is 0.416 e. The molecule has 8 nitrogen and oxygen atoms in total. The summed E-state index contributed by atoms with van der Waals surface area (Å²) in [6.45, 7) is -0.541. The molecule has 12 heteroatoms. The molecule has 27 heavy (non-hydrogen) atoms. The van der Waals surface area contributed by atoms with Crippen molar-refractivity contribution in [1.29, 1.82) is 0 Å². The first-order valence-electron chi connectivity index (χ1n) is 7.45. The molecule has 0 aliphatic rings. The van der Waals surface area contributed by atoms with Gasteiger partial charge in [-0.05, 0) is 24.5 Å². The van der Waals surface area contributed by atoms with Crippen molar-refractivity contribution >= 4 is 35.1 Å². The van der Waals surface area contributed by atoms with E-state index in [1.807, 2.05) is 0 Å². The predicted octanol–water partition coefficient (Wildman–Crippen LogP) is 3.12. The highest BCUT2D eigenvalue weighted by molar-refractivity contribution is 7.98. The number of benzene rings is 1. The summed E-state index contributed by atoms with van der Waals surface area (Å²) in [7, 11) is 0. The molecule has 0 saturated heterocycles. The Kier molecular flexibility index (Phi) is 6.55. The van der Waals surface area contributed by atoms with Crippen LogP contribution in [0.25, 0.3) is 0 Å². The zero-order valence-corrected chi connectivity index (χ0v) is 14.8. The van der Waals surface area contributed by atoms with Gasteiger partial charge < -0.3 is 16.4 Å². The quantitative estimate of drug-likeness (QED) is 0.371. The lowest BCUT2D eigenvalue weighted by Crippen LogP contribution is -2.23. The average molecular weight is 400 g/mol. The maximum absolute atomic E-state index is 12.7. The van der Waals surface area contributed by atoms with Crippen molar-refractivity contribution in [3.8, 4) is 0 Å². The van der Waals surface area contributed by atoms with Crippen LogP contribution in [0.4, 0.5) is 30.6 Å². The van der Waals surface area contributed by atoms with Gasteiger partial charge in [0.1, 0.15) is 17.4 Å². The number of hydrogen-bond donors (Lipinski definition) is 3. The molecule has 1 aromatic carbocycles. The summed E-state index contributed by atoms with van der Waals surface area (Å²) in [6, 6.07) is 4.26. The molecule has 0 atom stereocenters. The van der Waals surface area contributed by atoms with Gasteiger partial charge in [0.05, 0.1) is 17.7 Å². The largest absolute Gasteiger partial charge is 0.416 e. The maximum atomic E-state index is 12.7. The number of hydrogen-bond acceptors (Lipinski definition) is 8. The average Bonchev–Trinajstić information content (AvgIpc) is 2.61. The minimum atomic E-state index is -4.51. The van der Waals surface area contributed by atoms with E-state index in [0.29, 0.717) is 10.6 Å². The lowest BCUT2D eigenvalue weighted by atomic mass is 10.2. The fraction of sp³-hybridized carbons (Fsp3) is 0.267. The third kappa shape index (κ3) is 5.54. The number of alkyl halides is 3. The van der Waals surface area contributed by atoms with Crippen molar-refractivity contribution in [3.05, 3.63) is 40.3 Å². The summed E-state index contributed by atoms with van der Waals surface area (Å²) in [4.78, 5) is 30.6. The molecule has 0 radical (unpaired) electrons. The van der Waals surface area contributed by atoms with Crippen LogP contribution >= 0.6 is 11.8 Å². The number of nitroso groups, excluding NO2 is 1. The van der Waals surface area contributed by atoms with Crippen LogP contribution in [0.2, 0.25) is 0 Å². The Labute approximate surface area is 156 Å². The zero-order valence-electron chi connectivity index (χ0n) is 14.0. The summed E-state index contributed by atoms with van der Waals surface area (Å²) in [5, 5.41) is 8.29. The summed E-state index contributed by atoms with van der Waals surface area (Å²) < 4.78 is 38.1. The van der Waals surface area contributed by atoms with E-state index in [-0.39, 0.29) is 30.5 Å². The topological polar surface area (TPSA) is 122 Å². The Morgan fingerprint density at radius 2 is 2.07 bits per heavy atom. The monoisotopic (exact) mass is 400 g/mol. The molecular formula is C15H15F3N6O2S. The van der Waals surface area contributed by atoms with Gasteiger partial charge in [-0.3, -0.25) is 4.79 Å². The highest BCUT2D eigenvalue weighted by Gasteiger charge is 2.30. The summed E-state index contributed by atoms with van der Waals surface area (Å²) in [5.74, 6) is -0.511. The Bertz CT molecular complexity index is 847. The molecule has 0 spiro atoms. The number of halogens is 3. The molecular weight excluding hydrogens is 385 g/mol. The number of amides is 1. The fourth-order valence-electron chi connectivity index (χ4n) is 2.14. The van der Waals surface area contributed by atoms with Gasteiger partial charge in [0.2, 0.25) is 11.9 Å². The van der Waals surface area contributed by atoms with E-state index in [2.05, 4.69) is 25.8 Å². The number of aromatic nitrogens is 2. The van der Waals surface area contributed by atoms with Crippen molar-refractivity contribution in [2.45, 2.75) is 17.7 Å². The van der Waals surface area contributed by atoms with Gasteiger partial charge in [-0.15, -0.1) is 11.8 Å². The Hall–Kier alpha value is -2.89. The Morgan fingerprint density at radius 1 is 1.33 bits per heavy atom. The van der Waals surface area contributed by atoms with Crippen LogP contribution in [0.5, 0.6) is 0 Å². The molecule has 2 rings (SSSR count). The van der Waals surface area contributed by atoms with Crippen molar-refractivity contribution in [2.24, 2.45) is 5.18 Å². The number of anilines is 3. The van der Waals surface area contributed by atoms with Crippen LogP contribution in [-0.4, -0.2) is 28.7 Å². The fourth-order valence-corrected chi connectivity index (χ4v) is 2.74. The number of thioether (sulfide) groups is 1. The molecule has 0 bridgehead atoms. The molecule has 1 amide bonds. The van der Waals surface area contributed by atoms with E-state index in [1.165, 1.54) is 23.9 Å². The van der Waals surface area contributed by atoms with E-state index in [0.717, 1.165) is 12.1 Å². The molecule has 1 aromatic heterocycles. The predicted molar refractivity (Wildman–Crippen MR) is 96.3 cm³/mol. The first kappa shape index (κ1) is 20.4. The third-order valence-corrected chi connectivity index (χ3v) is 4.02. The van der Waals surface area contributed by atoms with E-state index >= 15 is 0 Å². The van der Waals surface area contributed by atoms with Crippen molar-refractivity contribution < 1.29 is 18.0 Å². The van der Waals surface area contributed by atoms with Gasteiger partial charge in [0, 0.05) is 5.69 Å². The number of nitrogen functional groups attached to an aromatic ring is 1. The number of rotatable bonds is 7. The van der Waals surface area contributed by atoms with Crippen LogP contribution in [-0.2, 0) is 17.5 Å². The second kappa shape index (κ2) is 8.66. The minimum Gasteiger partial charge on any atom is -0.368 e. The van der Waals surface area contributed by atoms with Crippen LogP contribution in [0.15, 0.2) is 34.5 Å². The smallest absolute Gasteiger partial charge is 0.368 e. The standard InChI is InChI=1S/C15H15F3N6O2S/c1-27-13-10(6-21-26)12(23-14(19)24-13)20-7-11(25)22-9-4-2-3-8(5-9)15(16,17)18/h2-5H,6-7H2,1H3,(H,22,25)(H3,19,20,23,24). The van der Waals surface area contributed by atoms with Crippen LogP contribution < -0.4 is 16.4 Å². The highest BCUT2D eigenvalue weighted by Crippen LogP contribution is 2.30. The van der Waals surface area contributed by atoms with Crippen molar-refractivity contribution in [1.82, 2.24) is 9.97 Å². The molecule has 0 unspecified atom stereocenters. The molecule has 144 valence electrons. The summed E-state index contributed by atoms with van der Waals surface area (Å²) >= 11 is 1.23. The lowest BCUT2D eigenvalue weighted by molar-refractivity contribution is -0.137. The molecule has 0 aliphatic carbocycles. The van der Waals surface area contributed by atoms with Gasteiger partial charge >= 0.3 is 6.18 Å². The molecule has 0 aliphatic heterocycles. The molecule has 0 saturated carbocycles. The van der Waals surface area contributed by atoms with Gasteiger partial charge in [-0.1, -0.05) is 11.2 Å². The van der Waals surface area contributed by atoms with Crippen molar-refractivity contribution in [2.75, 3.05) is 29.2 Å². The van der Waals surface area contributed by atoms with Crippen LogP contribution in [0.3, 0.4) is 0 Å².